The molecule has 0 saturated heterocycles. The molecular formula is C12H12N2OS. The molecule has 0 fully saturated rings. The Morgan fingerprint density at radius 1 is 1.44 bits per heavy atom. The van der Waals surface area contributed by atoms with E-state index in [1.165, 1.54) is 16.2 Å². The van der Waals surface area contributed by atoms with Crippen LogP contribution in [0.2, 0.25) is 0 Å². The van der Waals surface area contributed by atoms with Gasteiger partial charge in [0.25, 0.3) is 5.91 Å². The van der Waals surface area contributed by atoms with Crippen LogP contribution in [0.25, 0.3) is 0 Å². The molecule has 2 heterocycles. The second kappa shape index (κ2) is 4.90. The molecular weight excluding hydrogens is 220 g/mol. The molecule has 0 aliphatic heterocycles. The molecule has 0 bridgehead atoms. The standard InChI is InChI=1S/C12H12N2OS/c1-2-10-5-6-11(16-10)12(15)14-9-4-3-7-13-8-9/h3-8H,2H2,1H3,(H,14,15). The molecule has 4 heteroatoms. The minimum absolute atomic E-state index is 0.0716. The van der Waals surface area contributed by atoms with Crippen LogP contribution < -0.4 is 5.32 Å². The van der Waals surface area contributed by atoms with Crippen molar-refractivity contribution in [3.8, 4) is 0 Å². The number of pyridine rings is 1. The topological polar surface area (TPSA) is 42.0 Å². The fourth-order valence-corrected chi connectivity index (χ4v) is 2.16. The summed E-state index contributed by atoms with van der Waals surface area (Å²) >= 11 is 1.53. The average molecular weight is 232 g/mol. The minimum Gasteiger partial charge on any atom is -0.320 e. The first-order chi connectivity index (χ1) is 7.79. The van der Waals surface area contributed by atoms with Crippen molar-refractivity contribution in [2.45, 2.75) is 13.3 Å². The van der Waals surface area contributed by atoms with Gasteiger partial charge < -0.3 is 5.32 Å². The number of hydrogen-bond acceptors (Lipinski definition) is 3. The van der Waals surface area contributed by atoms with Gasteiger partial charge in [0, 0.05) is 11.1 Å². The number of carbonyl (C=O) groups is 1. The number of aryl methyl sites for hydroxylation is 1. The van der Waals surface area contributed by atoms with E-state index in [1.54, 1.807) is 18.5 Å². The van der Waals surface area contributed by atoms with Crippen LogP contribution in [0.1, 0.15) is 21.5 Å². The summed E-state index contributed by atoms with van der Waals surface area (Å²) in [5.41, 5.74) is 0.721. The third-order valence-corrected chi connectivity index (χ3v) is 3.38. The largest absolute Gasteiger partial charge is 0.320 e. The van der Waals surface area contributed by atoms with Gasteiger partial charge in [-0.1, -0.05) is 6.92 Å². The number of anilines is 1. The van der Waals surface area contributed by atoms with Gasteiger partial charge in [-0.05, 0) is 30.7 Å². The number of aromatic nitrogens is 1. The van der Waals surface area contributed by atoms with Crippen molar-refractivity contribution in [2.75, 3.05) is 5.32 Å². The van der Waals surface area contributed by atoms with E-state index < -0.39 is 0 Å². The van der Waals surface area contributed by atoms with Gasteiger partial charge in [-0.2, -0.15) is 0 Å². The summed E-state index contributed by atoms with van der Waals surface area (Å²) in [7, 11) is 0. The van der Waals surface area contributed by atoms with E-state index in [9.17, 15) is 4.79 Å². The molecule has 0 aliphatic rings. The summed E-state index contributed by atoms with van der Waals surface area (Å²) in [4.78, 5) is 17.7. The Hall–Kier alpha value is -1.68. The molecule has 1 N–H and O–H groups in total. The van der Waals surface area contributed by atoms with Crippen LogP contribution in [0.5, 0.6) is 0 Å². The van der Waals surface area contributed by atoms with E-state index in [1.807, 2.05) is 18.2 Å². The molecule has 2 aromatic heterocycles. The predicted molar refractivity (Wildman–Crippen MR) is 65.9 cm³/mol. The highest BCUT2D eigenvalue weighted by Gasteiger charge is 2.08. The lowest BCUT2D eigenvalue weighted by Crippen LogP contribution is -2.09. The maximum Gasteiger partial charge on any atom is 0.265 e. The average Bonchev–Trinajstić information content (AvgIpc) is 2.79. The highest BCUT2D eigenvalue weighted by atomic mass is 32.1. The van der Waals surface area contributed by atoms with Crippen molar-refractivity contribution >= 4 is 22.9 Å². The Kier molecular flexibility index (Phi) is 3.31. The second-order valence-electron chi connectivity index (χ2n) is 3.32. The van der Waals surface area contributed by atoms with Crippen molar-refractivity contribution in [1.82, 2.24) is 4.98 Å². The molecule has 0 aliphatic carbocycles. The first-order valence-electron chi connectivity index (χ1n) is 5.09. The zero-order chi connectivity index (χ0) is 11.4. The predicted octanol–water partition coefficient (Wildman–Crippen LogP) is 2.96. The Balaban J connectivity index is 2.09. The molecule has 0 radical (unpaired) electrons. The number of nitrogens with one attached hydrogen (secondary N) is 1. The molecule has 0 spiro atoms. The normalized spacial score (nSPS) is 10.1. The SMILES string of the molecule is CCc1ccc(C(=O)Nc2cccnc2)s1. The first-order valence-corrected chi connectivity index (χ1v) is 5.91. The fraction of sp³-hybridized carbons (Fsp3) is 0.167. The van der Waals surface area contributed by atoms with Gasteiger partial charge in [0.05, 0.1) is 16.8 Å². The van der Waals surface area contributed by atoms with E-state index >= 15 is 0 Å². The monoisotopic (exact) mass is 232 g/mol. The molecule has 2 aromatic rings. The van der Waals surface area contributed by atoms with Gasteiger partial charge in [-0.15, -0.1) is 11.3 Å². The highest BCUT2D eigenvalue weighted by Crippen LogP contribution is 2.18. The van der Waals surface area contributed by atoms with Crippen molar-refractivity contribution < 1.29 is 4.79 Å². The molecule has 0 saturated carbocycles. The third-order valence-electron chi connectivity index (χ3n) is 2.15. The lowest BCUT2D eigenvalue weighted by molar-refractivity contribution is 0.103. The van der Waals surface area contributed by atoms with Crippen LogP contribution in [0.4, 0.5) is 5.69 Å². The summed E-state index contributed by atoms with van der Waals surface area (Å²) in [6.45, 7) is 2.08. The molecule has 3 nitrogen and oxygen atoms in total. The van der Waals surface area contributed by atoms with E-state index in [-0.39, 0.29) is 5.91 Å². The molecule has 0 unspecified atom stereocenters. The van der Waals surface area contributed by atoms with Gasteiger partial charge >= 0.3 is 0 Å². The Morgan fingerprint density at radius 2 is 2.31 bits per heavy atom. The van der Waals surface area contributed by atoms with Crippen LogP contribution in [0, 0.1) is 0 Å². The van der Waals surface area contributed by atoms with Gasteiger partial charge in [0.1, 0.15) is 0 Å². The molecule has 0 atom stereocenters. The van der Waals surface area contributed by atoms with E-state index in [4.69, 9.17) is 0 Å². The maximum absolute atomic E-state index is 11.8. The summed E-state index contributed by atoms with van der Waals surface area (Å²) in [6, 6.07) is 7.46. The highest BCUT2D eigenvalue weighted by molar-refractivity contribution is 7.14. The second-order valence-corrected chi connectivity index (χ2v) is 4.48. The van der Waals surface area contributed by atoms with Crippen molar-refractivity contribution in [2.24, 2.45) is 0 Å². The number of carbonyl (C=O) groups excluding carboxylic acids is 1. The van der Waals surface area contributed by atoms with E-state index in [0.29, 0.717) is 0 Å². The zero-order valence-electron chi connectivity index (χ0n) is 8.93. The first kappa shape index (κ1) is 10.8. The van der Waals surface area contributed by atoms with Crippen molar-refractivity contribution in [3.05, 3.63) is 46.4 Å². The minimum atomic E-state index is -0.0716. The Bertz CT molecular complexity index is 479. The summed E-state index contributed by atoms with van der Waals surface area (Å²) < 4.78 is 0. The van der Waals surface area contributed by atoms with Gasteiger partial charge in [-0.25, -0.2) is 0 Å². The summed E-state index contributed by atoms with van der Waals surface area (Å²) in [5, 5.41) is 2.80. The summed E-state index contributed by atoms with van der Waals surface area (Å²) in [5.74, 6) is -0.0716. The van der Waals surface area contributed by atoms with Crippen LogP contribution in [0.15, 0.2) is 36.7 Å². The van der Waals surface area contributed by atoms with Crippen LogP contribution in [-0.2, 0) is 6.42 Å². The van der Waals surface area contributed by atoms with E-state index in [0.717, 1.165) is 17.0 Å². The molecule has 1 amide bonds. The number of amides is 1. The lowest BCUT2D eigenvalue weighted by Gasteiger charge is -2.01. The number of nitrogens with zero attached hydrogens (tertiary/aromatic N) is 1. The molecule has 82 valence electrons. The van der Waals surface area contributed by atoms with Gasteiger partial charge in [0.2, 0.25) is 0 Å². The van der Waals surface area contributed by atoms with Gasteiger partial charge in [0.15, 0.2) is 0 Å². The van der Waals surface area contributed by atoms with Gasteiger partial charge in [-0.3, -0.25) is 9.78 Å². The molecule has 0 aromatic carbocycles. The Morgan fingerprint density at radius 3 is 2.94 bits per heavy atom. The molecule has 2 rings (SSSR count). The van der Waals surface area contributed by atoms with Crippen molar-refractivity contribution in [1.29, 1.82) is 0 Å². The number of rotatable bonds is 3. The fourth-order valence-electron chi connectivity index (χ4n) is 1.32. The number of thiophene rings is 1. The Labute approximate surface area is 98.2 Å². The third kappa shape index (κ3) is 2.46. The van der Waals surface area contributed by atoms with Crippen molar-refractivity contribution in [3.63, 3.8) is 0 Å². The smallest absolute Gasteiger partial charge is 0.265 e. The lowest BCUT2D eigenvalue weighted by atomic mass is 10.3. The number of hydrogen-bond donors (Lipinski definition) is 1. The molecule has 16 heavy (non-hydrogen) atoms. The van der Waals surface area contributed by atoms with Crippen LogP contribution in [0.3, 0.4) is 0 Å². The van der Waals surface area contributed by atoms with Crippen LogP contribution >= 0.6 is 11.3 Å². The maximum atomic E-state index is 11.8. The zero-order valence-corrected chi connectivity index (χ0v) is 9.75. The van der Waals surface area contributed by atoms with E-state index in [2.05, 4.69) is 17.2 Å². The summed E-state index contributed by atoms with van der Waals surface area (Å²) in [6.07, 6.45) is 4.27. The quantitative estimate of drug-likeness (QED) is 0.884. The van der Waals surface area contributed by atoms with Crippen LogP contribution in [-0.4, -0.2) is 10.9 Å².